The summed E-state index contributed by atoms with van der Waals surface area (Å²) in [5.41, 5.74) is 0.343. The molecule has 2 rings (SSSR count). The fourth-order valence-electron chi connectivity index (χ4n) is 2.36. The van der Waals surface area contributed by atoms with Crippen molar-refractivity contribution in [1.29, 1.82) is 0 Å². The van der Waals surface area contributed by atoms with Gasteiger partial charge in [-0.05, 0) is 38.9 Å². The van der Waals surface area contributed by atoms with Crippen LogP contribution in [0.15, 0.2) is 23.6 Å². The summed E-state index contributed by atoms with van der Waals surface area (Å²) in [6, 6.07) is 0. The molecule has 0 saturated carbocycles. The summed E-state index contributed by atoms with van der Waals surface area (Å²) in [4.78, 5) is 14.3. The molecule has 0 amide bonds. The summed E-state index contributed by atoms with van der Waals surface area (Å²) in [7, 11) is 2.14. The Morgan fingerprint density at radius 1 is 1.55 bits per heavy atom. The van der Waals surface area contributed by atoms with Gasteiger partial charge < -0.3 is 10.2 Å². The number of hydrogen-bond donors (Lipinski definition) is 1. The first-order chi connectivity index (χ1) is 9.61. The van der Waals surface area contributed by atoms with Gasteiger partial charge in [-0.1, -0.05) is 17.7 Å². The van der Waals surface area contributed by atoms with Crippen molar-refractivity contribution in [3.63, 3.8) is 0 Å². The van der Waals surface area contributed by atoms with Gasteiger partial charge in [-0.25, -0.2) is 4.68 Å². The zero-order chi connectivity index (χ0) is 14.5. The van der Waals surface area contributed by atoms with Crippen LogP contribution in [-0.4, -0.2) is 41.4 Å². The summed E-state index contributed by atoms with van der Waals surface area (Å²) in [5.74, 6) is 0.623. The Labute approximate surface area is 124 Å². The number of nitrogens with one attached hydrogen (secondary N) is 1. The molecule has 1 aliphatic rings. The standard InChI is InChI=1S/C14H21ClN4O/c1-3-6-19-14(20)13(15)12(10-17-19)16-9-11-4-7-18(2)8-5-11/h3,10-11,16H,1,4-9H2,2H3. The van der Waals surface area contributed by atoms with E-state index in [0.717, 1.165) is 19.6 Å². The molecule has 110 valence electrons. The second-order valence-corrected chi connectivity index (χ2v) is 5.65. The zero-order valence-electron chi connectivity index (χ0n) is 11.8. The van der Waals surface area contributed by atoms with E-state index in [1.165, 1.54) is 17.5 Å². The van der Waals surface area contributed by atoms with Crippen molar-refractivity contribution in [2.24, 2.45) is 5.92 Å². The lowest BCUT2D eigenvalue weighted by Gasteiger charge is -2.29. The summed E-state index contributed by atoms with van der Waals surface area (Å²) in [6.07, 6.45) is 5.57. The van der Waals surface area contributed by atoms with Crippen molar-refractivity contribution < 1.29 is 0 Å². The Kier molecular flexibility index (Phi) is 5.20. The van der Waals surface area contributed by atoms with Crippen molar-refractivity contribution in [3.8, 4) is 0 Å². The molecule has 0 aliphatic carbocycles. The second-order valence-electron chi connectivity index (χ2n) is 5.28. The van der Waals surface area contributed by atoms with Gasteiger partial charge in [0, 0.05) is 6.54 Å². The molecule has 6 heteroatoms. The largest absolute Gasteiger partial charge is 0.382 e. The van der Waals surface area contributed by atoms with Crippen LogP contribution in [0.1, 0.15) is 12.8 Å². The van der Waals surface area contributed by atoms with Crippen LogP contribution in [0.3, 0.4) is 0 Å². The first kappa shape index (κ1) is 15.1. The molecular weight excluding hydrogens is 276 g/mol. The van der Waals surface area contributed by atoms with E-state index in [0.29, 0.717) is 18.2 Å². The van der Waals surface area contributed by atoms with Gasteiger partial charge in [-0.2, -0.15) is 5.10 Å². The maximum absolute atomic E-state index is 11.9. The van der Waals surface area contributed by atoms with E-state index in [1.54, 1.807) is 12.3 Å². The number of piperidine rings is 1. The minimum absolute atomic E-state index is 0.203. The van der Waals surface area contributed by atoms with E-state index in [1.807, 2.05) is 0 Å². The first-order valence-electron chi connectivity index (χ1n) is 6.90. The zero-order valence-corrected chi connectivity index (χ0v) is 12.6. The first-order valence-corrected chi connectivity index (χ1v) is 7.28. The van der Waals surface area contributed by atoms with E-state index in [4.69, 9.17) is 11.6 Å². The maximum atomic E-state index is 11.9. The van der Waals surface area contributed by atoms with Crippen LogP contribution in [0.4, 0.5) is 5.69 Å². The quantitative estimate of drug-likeness (QED) is 0.842. The molecule has 1 aromatic heterocycles. The summed E-state index contributed by atoms with van der Waals surface area (Å²) < 4.78 is 1.30. The SMILES string of the molecule is C=CCn1ncc(NCC2CCN(C)CC2)c(Cl)c1=O. The van der Waals surface area contributed by atoms with Crippen molar-refractivity contribution in [3.05, 3.63) is 34.2 Å². The number of hydrogen-bond acceptors (Lipinski definition) is 4. The average molecular weight is 297 g/mol. The predicted octanol–water partition coefficient (Wildman–Crippen LogP) is 1.84. The molecule has 0 atom stereocenters. The maximum Gasteiger partial charge on any atom is 0.287 e. The number of allylic oxidation sites excluding steroid dienone is 1. The molecule has 0 aromatic carbocycles. The molecule has 1 saturated heterocycles. The molecule has 0 radical (unpaired) electrons. The fourth-order valence-corrected chi connectivity index (χ4v) is 2.57. The summed E-state index contributed by atoms with van der Waals surface area (Å²) in [5, 5.41) is 7.54. The van der Waals surface area contributed by atoms with Gasteiger partial charge in [-0.3, -0.25) is 4.79 Å². The lowest BCUT2D eigenvalue weighted by Crippen LogP contribution is -2.33. The molecule has 0 unspecified atom stereocenters. The molecule has 5 nitrogen and oxygen atoms in total. The number of nitrogens with zero attached hydrogens (tertiary/aromatic N) is 3. The molecule has 0 bridgehead atoms. The third-order valence-corrected chi connectivity index (χ3v) is 4.07. The highest BCUT2D eigenvalue weighted by molar-refractivity contribution is 6.32. The van der Waals surface area contributed by atoms with Crippen LogP contribution >= 0.6 is 11.6 Å². The van der Waals surface area contributed by atoms with Crippen LogP contribution in [0, 0.1) is 5.92 Å². The number of aromatic nitrogens is 2. The normalized spacial score (nSPS) is 17.1. The lowest BCUT2D eigenvalue weighted by molar-refractivity contribution is 0.226. The van der Waals surface area contributed by atoms with Gasteiger partial charge in [0.05, 0.1) is 18.4 Å². The second kappa shape index (κ2) is 6.90. The van der Waals surface area contributed by atoms with E-state index in [2.05, 4.69) is 28.9 Å². The highest BCUT2D eigenvalue weighted by Gasteiger charge is 2.17. The van der Waals surface area contributed by atoms with Gasteiger partial charge >= 0.3 is 0 Å². The topological polar surface area (TPSA) is 50.2 Å². The Morgan fingerprint density at radius 2 is 2.25 bits per heavy atom. The monoisotopic (exact) mass is 296 g/mol. The van der Waals surface area contributed by atoms with E-state index in [-0.39, 0.29) is 10.6 Å². The van der Waals surface area contributed by atoms with E-state index >= 15 is 0 Å². The summed E-state index contributed by atoms with van der Waals surface area (Å²) in [6.45, 7) is 7.04. The molecule has 2 heterocycles. The Bertz CT molecular complexity index is 520. The van der Waals surface area contributed by atoms with Crippen molar-refractivity contribution in [2.75, 3.05) is 32.0 Å². The molecule has 20 heavy (non-hydrogen) atoms. The Balaban J connectivity index is 1.98. The Morgan fingerprint density at radius 3 is 2.90 bits per heavy atom. The number of anilines is 1. The van der Waals surface area contributed by atoms with Gasteiger partial charge in [0.1, 0.15) is 5.02 Å². The van der Waals surface area contributed by atoms with Crippen LogP contribution in [0.5, 0.6) is 0 Å². The number of halogens is 1. The smallest absolute Gasteiger partial charge is 0.287 e. The molecule has 0 spiro atoms. The molecular formula is C14H21ClN4O. The summed E-state index contributed by atoms with van der Waals surface area (Å²) >= 11 is 6.10. The lowest BCUT2D eigenvalue weighted by atomic mass is 9.97. The highest BCUT2D eigenvalue weighted by Crippen LogP contribution is 2.19. The van der Waals surface area contributed by atoms with Crippen molar-refractivity contribution >= 4 is 17.3 Å². The fraction of sp³-hybridized carbons (Fsp3) is 0.571. The van der Waals surface area contributed by atoms with Gasteiger partial charge in [0.25, 0.3) is 5.56 Å². The van der Waals surface area contributed by atoms with Gasteiger partial charge in [0.15, 0.2) is 0 Å². The highest BCUT2D eigenvalue weighted by atomic mass is 35.5. The minimum Gasteiger partial charge on any atom is -0.382 e. The number of rotatable bonds is 5. The molecule has 1 aliphatic heterocycles. The Hall–Kier alpha value is -1.33. The van der Waals surface area contributed by atoms with Crippen LogP contribution in [0.2, 0.25) is 5.02 Å². The average Bonchev–Trinajstić information content (AvgIpc) is 2.45. The van der Waals surface area contributed by atoms with Crippen LogP contribution < -0.4 is 10.9 Å². The van der Waals surface area contributed by atoms with Crippen molar-refractivity contribution in [1.82, 2.24) is 14.7 Å². The van der Waals surface area contributed by atoms with Gasteiger partial charge in [0.2, 0.25) is 0 Å². The van der Waals surface area contributed by atoms with E-state index in [9.17, 15) is 4.79 Å². The van der Waals surface area contributed by atoms with E-state index < -0.39 is 0 Å². The van der Waals surface area contributed by atoms with Crippen LogP contribution in [-0.2, 0) is 6.54 Å². The predicted molar refractivity (Wildman–Crippen MR) is 82.4 cm³/mol. The molecule has 1 aromatic rings. The minimum atomic E-state index is -0.278. The van der Waals surface area contributed by atoms with Gasteiger partial charge in [-0.15, -0.1) is 6.58 Å². The third-order valence-electron chi connectivity index (χ3n) is 3.71. The number of likely N-dealkylation sites (tertiary alicyclic amines) is 1. The van der Waals surface area contributed by atoms with Crippen molar-refractivity contribution in [2.45, 2.75) is 19.4 Å². The third kappa shape index (κ3) is 3.61. The molecule has 1 fully saturated rings. The molecule has 1 N–H and O–H groups in total. The van der Waals surface area contributed by atoms with Crippen LogP contribution in [0.25, 0.3) is 0 Å².